The average molecular weight is 1030 g/mol. The van der Waals surface area contributed by atoms with Crippen LogP contribution in [0.25, 0.3) is 18.2 Å². The summed E-state index contributed by atoms with van der Waals surface area (Å²) < 4.78 is 45.8. The van der Waals surface area contributed by atoms with Gasteiger partial charge in [-0.05, 0) is 97.8 Å². The van der Waals surface area contributed by atoms with Crippen molar-refractivity contribution in [3.8, 4) is 11.5 Å². The summed E-state index contributed by atoms with van der Waals surface area (Å²) in [6.45, 7) is -0.0192. The molecule has 0 saturated heterocycles. The smallest absolute Gasteiger partial charge is 0.505 e. The van der Waals surface area contributed by atoms with Crippen LogP contribution in [-0.2, 0) is 14.4 Å². The maximum absolute atomic E-state index is 16.1. The number of unbranched alkanes of at least 4 members (excludes halogenated alkanes) is 2. The number of furan rings is 1. The Morgan fingerprint density at radius 3 is 2.32 bits per heavy atom. The number of halogens is 2. The lowest BCUT2D eigenvalue weighted by Crippen LogP contribution is -2.50. The molecule has 7 N–H and O–H groups in total. The second-order valence-electron chi connectivity index (χ2n) is 17.6. The molecule has 0 saturated carbocycles. The third-order valence-electron chi connectivity index (χ3n) is 12.4. The van der Waals surface area contributed by atoms with E-state index in [2.05, 4.69) is 31.9 Å². The van der Waals surface area contributed by atoms with E-state index in [-0.39, 0.29) is 85.5 Å². The Bertz CT molecular complexity index is 3240. The highest BCUT2D eigenvalue weighted by Crippen LogP contribution is 2.36. The number of fused-ring (bicyclic) bond motifs is 2. The quantitative estimate of drug-likeness (QED) is 0.0134. The van der Waals surface area contributed by atoms with Crippen LogP contribution < -0.4 is 47.5 Å². The molecular weight excluding hydrogens is 974 g/mol. The first-order valence-corrected chi connectivity index (χ1v) is 25.2. The fourth-order valence-corrected chi connectivity index (χ4v) is 9.30. The molecular formula is C53H55BF2N8O9S. The summed E-state index contributed by atoms with van der Waals surface area (Å²) in [7, 11) is 0. The van der Waals surface area contributed by atoms with Crippen molar-refractivity contribution in [2.75, 3.05) is 43.4 Å². The van der Waals surface area contributed by atoms with Crippen molar-refractivity contribution in [2.24, 2.45) is 0 Å². The van der Waals surface area contributed by atoms with Crippen LogP contribution in [0.2, 0.25) is 0 Å². The molecule has 2 aliphatic rings. The highest BCUT2D eigenvalue weighted by atomic mass is 32.1. The second-order valence-corrected chi connectivity index (χ2v) is 18.6. The van der Waals surface area contributed by atoms with Crippen molar-refractivity contribution in [3.63, 3.8) is 0 Å². The van der Waals surface area contributed by atoms with E-state index in [0.29, 0.717) is 72.3 Å². The van der Waals surface area contributed by atoms with Crippen molar-refractivity contribution in [2.45, 2.75) is 58.4 Å². The number of nitrogens with zero attached hydrogens (tertiary/aromatic N) is 2. The molecule has 0 spiro atoms. The van der Waals surface area contributed by atoms with Crippen molar-refractivity contribution >= 4 is 82.9 Å². The Labute approximate surface area is 428 Å². The molecule has 0 aliphatic carbocycles. The van der Waals surface area contributed by atoms with Gasteiger partial charge in [0.05, 0.1) is 22.2 Å². The van der Waals surface area contributed by atoms with E-state index in [1.807, 2.05) is 24.4 Å². The summed E-state index contributed by atoms with van der Waals surface area (Å²) in [6, 6.07) is 21.6. The number of carbonyl (C=O) groups is 4. The Morgan fingerprint density at radius 2 is 1.57 bits per heavy atom. The summed E-state index contributed by atoms with van der Waals surface area (Å²) in [5, 5.41) is 29.4. The van der Waals surface area contributed by atoms with E-state index in [1.54, 1.807) is 85.8 Å². The van der Waals surface area contributed by atoms with Gasteiger partial charge in [-0.1, -0.05) is 43.7 Å². The lowest BCUT2D eigenvalue weighted by molar-refractivity contribution is -0.360. The topological polar surface area (TPSA) is 225 Å². The number of benzene rings is 2. The van der Waals surface area contributed by atoms with E-state index in [9.17, 15) is 33.9 Å². The molecule has 1 atom stereocenters. The van der Waals surface area contributed by atoms with Gasteiger partial charge in [0, 0.05) is 68.6 Å². The molecule has 0 unspecified atom stereocenters. The maximum atomic E-state index is 16.1. The first-order valence-electron chi connectivity index (χ1n) is 24.3. The van der Waals surface area contributed by atoms with Crippen LogP contribution in [0.5, 0.6) is 11.5 Å². The standard InChI is InChI=1S/C53H55BF2N8O9S/c1-3-40(43-24-13-33(2)73-43)61-48-49(52(70)51(48)69)62-41-10-7-9-39(50(41)68)53(71)60-29-28-59-46(66)25-27-58-45(65)12-5-4-6-26-57-47(67)32-72-38-21-15-34(16-22-38)14-17-35-18-19-36-31-37-20-23-42(44-11-8-30-74-44)64(37)54(55,56)63(35)36/h7-11,13-24,30-31,40,61-62,68H,3-6,12,25-29,32H2,1-2H3,(H,57,67)(H,58,65)(H,59,66)(H,60,71)/b17-14+/t40-/m1/s1. The Morgan fingerprint density at radius 1 is 0.811 bits per heavy atom. The first kappa shape index (κ1) is 52.0. The number of allylic oxidation sites excluding steroid dienone is 2. The molecule has 4 amide bonds. The van der Waals surface area contributed by atoms with Crippen molar-refractivity contribution < 1.29 is 46.6 Å². The molecule has 3 aromatic carbocycles. The van der Waals surface area contributed by atoms with Crippen LogP contribution in [-0.4, -0.2) is 83.2 Å². The fourth-order valence-electron chi connectivity index (χ4n) is 8.55. The summed E-state index contributed by atoms with van der Waals surface area (Å²) in [4.78, 5) is 75.7. The van der Waals surface area contributed by atoms with Crippen LogP contribution in [0.3, 0.4) is 0 Å². The van der Waals surface area contributed by atoms with Crippen molar-refractivity contribution in [1.29, 1.82) is 0 Å². The van der Waals surface area contributed by atoms with Gasteiger partial charge in [-0.3, -0.25) is 28.8 Å². The zero-order valence-electron chi connectivity index (χ0n) is 40.7. The highest BCUT2D eigenvalue weighted by Gasteiger charge is 2.52. The summed E-state index contributed by atoms with van der Waals surface area (Å²) in [6.07, 6.45) is 11.4. The SMILES string of the molecule is CC[C@@H](Nc1c(Nc2cccc(C(=O)NCCNC(=O)CCNC(=O)CCCCCNC(=O)COc3ccc(/C=C/c4ccc5n4[B-](F)(F)[N+]4=C(c6cccs6)C=CC4=C5)cc3)c2O)c(=O)c1=O)c1ccc(C)o1. The monoisotopic (exact) mass is 1030 g/mol. The Hall–Kier alpha value is -8.33. The molecule has 0 fully saturated rings. The number of hydrogen-bond acceptors (Lipinski definition) is 12. The molecule has 8 rings (SSSR count). The largest absolute Gasteiger partial charge is 0.737 e. The number of anilines is 3. The number of rotatable bonds is 25. The number of ether oxygens (including phenoxy) is 1. The predicted octanol–water partition coefficient (Wildman–Crippen LogP) is 6.99. The minimum Gasteiger partial charge on any atom is -0.505 e. The minimum absolute atomic E-state index is 0.0186. The lowest BCUT2D eigenvalue weighted by atomic mass is 9.90. The van der Waals surface area contributed by atoms with Gasteiger partial charge in [0.15, 0.2) is 23.8 Å². The zero-order valence-corrected chi connectivity index (χ0v) is 41.5. The zero-order chi connectivity index (χ0) is 52.4. The first-order chi connectivity index (χ1) is 35.7. The van der Waals surface area contributed by atoms with Crippen LogP contribution >= 0.6 is 11.3 Å². The molecule has 5 heterocycles. The number of aryl methyl sites for hydroxylation is 1. The molecule has 2 aliphatic heterocycles. The second kappa shape index (κ2) is 23.5. The number of phenols is 1. The number of thiophene rings is 1. The molecule has 17 nitrogen and oxygen atoms in total. The summed E-state index contributed by atoms with van der Waals surface area (Å²) in [5.41, 5.74) is 0.945. The Kier molecular flexibility index (Phi) is 16.5. The number of para-hydroxylation sites is 1. The predicted molar refractivity (Wildman–Crippen MR) is 282 cm³/mol. The number of nitrogens with one attached hydrogen (secondary N) is 6. The van der Waals surface area contributed by atoms with Gasteiger partial charge < -0.3 is 63.8 Å². The van der Waals surface area contributed by atoms with Gasteiger partial charge in [-0.2, -0.15) is 0 Å². The van der Waals surface area contributed by atoms with E-state index >= 15 is 8.63 Å². The van der Waals surface area contributed by atoms with Crippen LogP contribution in [0.15, 0.2) is 116 Å². The van der Waals surface area contributed by atoms with Crippen molar-refractivity contribution in [1.82, 2.24) is 25.7 Å². The van der Waals surface area contributed by atoms with Crippen LogP contribution in [0.1, 0.15) is 95.2 Å². The highest BCUT2D eigenvalue weighted by molar-refractivity contribution is 7.12. The molecule has 384 valence electrons. The molecule has 3 aromatic heterocycles. The van der Waals surface area contributed by atoms with Gasteiger partial charge in [-0.15, -0.1) is 11.3 Å². The molecule has 6 aromatic rings. The number of hydrogen-bond donors (Lipinski definition) is 7. The summed E-state index contributed by atoms with van der Waals surface area (Å²) >= 11 is 1.42. The Balaban J connectivity index is 0.661. The van der Waals surface area contributed by atoms with Gasteiger partial charge in [0.1, 0.15) is 28.6 Å². The van der Waals surface area contributed by atoms with Gasteiger partial charge in [0.2, 0.25) is 11.8 Å². The van der Waals surface area contributed by atoms with E-state index in [4.69, 9.17) is 9.15 Å². The van der Waals surface area contributed by atoms with E-state index < -0.39 is 29.5 Å². The van der Waals surface area contributed by atoms with E-state index in [0.717, 1.165) is 19.4 Å². The molecule has 74 heavy (non-hydrogen) atoms. The third-order valence-corrected chi connectivity index (χ3v) is 13.3. The van der Waals surface area contributed by atoms with Crippen LogP contribution in [0.4, 0.5) is 25.7 Å². The minimum atomic E-state index is -4.15. The van der Waals surface area contributed by atoms with Gasteiger partial charge in [-0.25, -0.2) is 0 Å². The molecule has 0 bridgehead atoms. The normalized spacial score (nSPS) is 13.8. The molecule has 21 heteroatoms. The lowest BCUT2D eigenvalue weighted by Gasteiger charge is -2.30. The average Bonchev–Trinajstić information content (AvgIpc) is 4.24. The van der Waals surface area contributed by atoms with Crippen molar-refractivity contribution in [3.05, 3.63) is 161 Å². The summed E-state index contributed by atoms with van der Waals surface area (Å²) in [5.74, 6) is -0.161. The number of amides is 4. The van der Waals surface area contributed by atoms with Crippen LogP contribution in [0, 0.1) is 6.92 Å². The van der Waals surface area contributed by atoms with Gasteiger partial charge in [0.25, 0.3) is 22.7 Å². The number of aromatic hydroxyl groups is 1. The van der Waals surface area contributed by atoms with Gasteiger partial charge >= 0.3 is 6.97 Å². The third kappa shape index (κ3) is 12.1. The van der Waals surface area contributed by atoms with E-state index in [1.165, 1.54) is 29.5 Å². The number of aromatic nitrogens is 1. The fraction of sp³-hybridized carbons (Fsp3) is 0.264. The number of carbonyl (C=O) groups excluding carboxylic acids is 4. The maximum Gasteiger partial charge on any atom is 0.737 e. The number of phenolic OH excluding ortho intramolecular Hbond substituents is 1. The molecule has 0 radical (unpaired) electrons.